The lowest BCUT2D eigenvalue weighted by molar-refractivity contribution is 0.565. The van der Waals surface area contributed by atoms with Gasteiger partial charge in [0, 0.05) is 23.2 Å². The van der Waals surface area contributed by atoms with Crippen molar-refractivity contribution in [3.63, 3.8) is 0 Å². The second kappa shape index (κ2) is 6.39. The Labute approximate surface area is 132 Å². The number of anilines is 3. The summed E-state index contributed by atoms with van der Waals surface area (Å²) in [6.07, 6.45) is 5.35. The van der Waals surface area contributed by atoms with Crippen LogP contribution in [0.3, 0.4) is 0 Å². The number of aromatic nitrogens is 3. The van der Waals surface area contributed by atoms with Gasteiger partial charge in [0.05, 0.1) is 6.20 Å². The number of nitrogens with zero attached hydrogens (tertiary/aromatic N) is 4. The van der Waals surface area contributed by atoms with Gasteiger partial charge in [-0.15, -0.1) is 5.10 Å². The summed E-state index contributed by atoms with van der Waals surface area (Å²) in [6.45, 7) is 4.09. The topological polar surface area (TPSA) is 53.9 Å². The molecule has 1 aromatic carbocycles. The van der Waals surface area contributed by atoms with Gasteiger partial charge in [0.15, 0.2) is 5.82 Å². The summed E-state index contributed by atoms with van der Waals surface area (Å²) in [7, 11) is 0. The zero-order valence-corrected chi connectivity index (χ0v) is 13.6. The van der Waals surface area contributed by atoms with Crippen molar-refractivity contribution in [3.8, 4) is 0 Å². The van der Waals surface area contributed by atoms with Gasteiger partial charge >= 0.3 is 0 Å². The molecule has 0 bridgehead atoms. The molecule has 0 radical (unpaired) electrons. The van der Waals surface area contributed by atoms with Gasteiger partial charge in [0.25, 0.3) is 0 Å². The lowest BCUT2D eigenvalue weighted by atomic mass is 10.1. The van der Waals surface area contributed by atoms with Crippen LogP contribution in [0.25, 0.3) is 0 Å². The molecule has 0 atom stereocenters. The van der Waals surface area contributed by atoms with E-state index in [0.717, 1.165) is 29.1 Å². The van der Waals surface area contributed by atoms with Crippen LogP contribution in [-0.4, -0.2) is 28.3 Å². The van der Waals surface area contributed by atoms with Crippen molar-refractivity contribution in [2.45, 2.75) is 26.2 Å². The number of rotatable bonds is 3. The Morgan fingerprint density at radius 1 is 1.19 bits per heavy atom. The van der Waals surface area contributed by atoms with Crippen LogP contribution in [0.1, 0.15) is 24.8 Å². The number of aryl methyl sites for hydroxylation is 1. The molecule has 1 saturated heterocycles. The zero-order valence-electron chi connectivity index (χ0n) is 12.0. The molecule has 1 aliphatic rings. The summed E-state index contributed by atoms with van der Waals surface area (Å²) in [5.41, 5.74) is 2.19. The van der Waals surface area contributed by atoms with Gasteiger partial charge in [-0.25, -0.2) is 0 Å². The van der Waals surface area contributed by atoms with E-state index in [1.165, 1.54) is 24.8 Å². The largest absolute Gasteiger partial charge is 0.339 e. The van der Waals surface area contributed by atoms with E-state index in [4.69, 9.17) is 0 Å². The Hall–Kier alpha value is -1.69. The Morgan fingerprint density at radius 2 is 2.00 bits per heavy atom. The number of nitrogens with one attached hydrogen (secondary N) is 1. The normalized spacial score (nSPS) is 15.0. The smallest absolute Gasteiger partial charge is 0.247 e. The molecular formula is C15H18BrN5. The fourth-order valence-electron chi connectivity index (χ4n) is 2.40. The van der Waals surface area contributed by atoms with E-state index in [0.29, 0.717) is 5.95 Å². The lowest BCUT2D eigenvalue weighted by Gasteiger charge is -2.26. The highest BCUT2D eigenvalue weighted by atomic mass is 79.9. The van der Waals surface area contributed by atoms with E-state index in [1.54, 1.807) is 6.20 Å². The van der Waals surface area contributed by atoms with E-state index in [2.05, 4.69) is 54.3 Å². The molecule has 0 amide bonds. The average molecular weight is 348 g/mol. The van der Waals surface area contributed by atoms with Crippen LogP contribution in [0.4, 0.5) is 17.5 Å². The van der Waals surface area contributed by atoms with E-state index < -0.39 is 0 Å². The zero-order chi connectivity index (χ0) is 14.7. The molecular weight excluding hydrogens is 330 g/mol. The van der Waals surface area contributed by atoms with Crippen LogP contribution in [0, 0.1) is 6.92 Å². The standard InChI is InChI=1S/C15H18BrN5/c1-11-5-6-12(9-13(11)16)18-14-10-17-20-15(19-14)21-7-3-2-4-8-21/h5-6,9-10H,2-4,7-8H2,1H3,(H,18,19,20). The van der Waals surface area contributed by atoms with Crippen LogP contribution in [0.15, 0.2) is 28.9 Å². The van der Waals surface area contributed by atoms with E-state index in [1.807, 2.05) is 12.1 Å². The Kier molecular flexibility index (Phi) is 4.34. The van der Waals surface area contributed by atoms with Crippen molar-refractivity contribution in [1.82, 2.24) is 15.2 Å². The molecule has 2 heterocycles. The maximum Gasteiger partial charge on any atom is 0.247 e. The lowest BCUT2D eigenvalue weighted by Crippen LogP contribution is -2.31. The fraction of sp³-hybridized carbons (Fsp3) is 0.400. The molecule has 1 fully saturated rings. The monoisotopic (exact) mass is 347 g/mol. The number of piperidine rings is 1. The minimum Gasteiger partial charge on any atom is -0.339 e. The highest BCUT2D eigenvalue weighted by Crippen LogP contribution is 2.23. The van der Waals surface area contributed by atoms with Crippen molar-refractivity contribution < 1.29 is 0 Å². The van der Waals surface area contributed by atoms with Crippen LogP contribution < -0.4 is 10.2 Å². The first kappa shape index (κ1) is 14.3. The van der Waals surface area contributed by atoms with Gasteiger partial charge < -0.3 is 10.2 Å². The second-order valence-electron chi connectivity index (χ2n) is 5.28. The minimum absolute atomic E-state index is 0.714. The van der Waals surface area contributed by atoms with E-state index in [-0.39, 0.29) is 0 Å². The number of hydrogen-bond acceptors (Lipinski definition) is 5. The maximum atomic E-state index is 4.57. The predicted molar refractivity (Wildman–Crippen MR) is 88.1 cm³/mol. The predicted octanol–water partition coefficient (Wildman–Crippen LogP) is 3.68. The van der Waals surface area contributed by atoms with Crippen LogP contribution in [0.2, 0.25) is 0 Å². The summed E-state index contributed by atoms with van der Waals surface area (Å²) in [6, 6.07) is 6.13. The average Bonchev–Trinajstić information content (AvgIpc) is 2.52. The molecule has 6 heteroatoms. The summed E-state index contributed by atoms with van der Waals surface area (Å²) >= 11 is 3.54. The Morgan fingerprint density at radius 3 is 2.76 bits per heavy atom. The Bertz CT molecular complexity index is 625. The van der Waals surface area contributed by atoms with Crippen molar-refractivity contribution in [1.29, 1.82) is 0 Å². The molecule has 0 unspecified atom stereocenters. The van der Waals surface area contributed by atoms with Crippen molar-refractivity contribution in [3.05, 3.63) is 34.4 Å². The van der Waals surface area contributed by atoms with Crippen molar-refractivity contribution >= 4 is 33.4 Å². The first-order valence-corrected chi connectivity index (χ1v) is 7.99. The van der Waals surface area contributed by atoms with Gasteiger partial charge in [-0.05, 0) is 43.9 Å². The third-order valence-corrected chi connectivity index (χ3v) is 4.49. The van der Waals surface area contributed by atoms with Crippen LogP contribution in [0.5, 0.6) is 0 Å². The number of halogens is 1. The molecule has 110 valence electrons. The molecule has 0 aliphatic carbocycles. The molecule has 21 heavy (non-hydrogen) atoms. The molecule has 0 spiro atoms. The maximum absolute atomic E-state index is 4.57. The van der Waals surface area contributed by atoms with E-state index >= 15 is 0 Å². The fourth-order valence-corrected chi connectivity index (χ4v) is 2.78. The summed E-state index contributed by atoms with van der Waals surface area (Å²) in [5.74, 6) is 1.44. The highest BCUT2D eigenvalue weighted by molar-refractivity contribution is 9.10. The molecule has 5 nitrogen and oxygen atoms in total. The number of benzene rings is 1. The van der Waals surface area contributed by atoms with Gasteiger partial charge in [-0.1, -0.05) is 22.0 Å². The quantitative estimate of drug-likeness (QED) is 0.917. The SMILES string of the molecule is Cc1ccc(Nc2cnnc(N3CCCCC3)n2)cc1Br. The third-order valence-electron chi connectivity index (χ3n) is 3.63. The summed E-state index contributed by atoms with van der Waals surface area (Å²) < 4.78 is 1.07. The summed E-state index contributed by atoms with van der Waals surface area (Å²) in [4.78, 5) is 6.77. The number of hydrogen-bond donors (Lipinski definition) is 1. The molecule has 1 N–H and O–H groups in total. The first-order chi connectivity index (χ1) is 10.2. The van der Waals surface area contributed by atoms with Gasteiger partial charge in [-0.2, -0.15) is 10.1 Å². The van der Waals surface area contributed by atoms with Crippen molar-refractivity contribution in [2.24, 2.45) is 0 Å². The molecule has 2 aromatic rings. The second-order valence-corrected chi connectivity index (χ2v) is 6.13. The van der Waals surface area contributed by atoms with Crippen LogP contribution in [-0.2, 0) is 0 Å². The van der Waals surface area contributed by atoms with E-state index in [9.17, 15) is 0 Å². The highest BCUT2D eigenvalue weighted by Gasteiger charge is 2.14. The molecule has 1 aliphatic heterocycles. The summed E-state index contributed by atoms with van der Waals surface area (Å²) in [5, 5.41) is 11.5. The van der Waals surface area contributed by atoms with Crippen LogP contribution >= 0.6 is 15.9 Å². The van der Waals surface area contributed by atoms with Crippen molar-refractivity contribution in [2.75, 3.05) is 23.3 Å². The van der Waals surface area contributed by atoms with Gasteiger partial charge in [-0.3, -0.25) is 0 Å². The molecule has 0 saturated carbocycles. The first-order valence-electron chi connectivity index (χ1n) is 7.20. The van der Waals surface area contributed by atoms with Gasteiger partial charge in [0.2, 0.25) is 5.95 Å². The Balaban J connectivity index is 1.77. The third kappa shape index (κ3) is 3.50. The minimum atomic E-state index is 0.714. The van der Waals surface area contributed by atoms with Gasteiger partial charge in [0.1, 0.15) is 0 Å². The molecule has 1 aromatic heterocycles. The molecule has 3 rings (SSSR count).